The maximum Gasteiger partial charge on any atom is 0.471 e. The molecule has 4 aromatic heterocycles. The van der Waals surface area contributed by atoms with E-state index in [4.69, 9.17) is 9.26 Å². The van der Waals surface area contributed by atoms with E-state index in [2.05, 4.69) is 25.5 Å². The molecule has 1 fully saturated rings. The van der Waals surface area contributed by atoms with E-state index >= 15 is 0 Å². The van der Waals surface area contributed by atoms with Crippen LogP contribution in [0.25, 0.3) is 22.0 Å². The third-order valence-corrected chi connectivity index (χ3v) is 10.1. The van der Waals surface area contributed by atoms with E-state index < -0.39 is 42.6 Å². The van der Waals surface area contributed by atoms with Crippen LogP contribution in [-0.4, -0.2) is 57.9 Å². The van der Waals surface area contributed by atoms with E-state index in [1.54, 1.807) is 22.5 Å². The fourth-order valence-corrected chi connectivity index (χ4v) is 8.26. The average molecular weight is 736 g/mol. The van der Waals surface area contributed by atoms with Crippen molar-refractivity contribution in [3.63, 3.8) is 0 Å². The van der Waals surface area contributed by atoms with Gasteiger partial charge in [0.05, 0.1) is 24.0 Å². The van der Waals surface area contributed by atoms with Crippen molar-refractivity contribution in [3.05, 3.63) is 53.6 Å². The number of halogens is 2. The van der Waals surface area contributed by atoms with Crippen LogP contribution in [0.2, 0.25) is 0 Å². The minimum Gasteiger partial charge on any atom is -0.379 e. The van der Waals surface area contributed by atoms with Crippen LogP contribution < -0.4 is 5.32 Å². The molecule has 272 valence electrons. The summed E-state index contributed by atoms with van der Waals surface area (Å²) < 4.78 is 55.3. The highest BCUT2D eigenvalue weighted by molar-refractivity contribution is 7.46. The van der Waals surface area contributed by atoms with Crippen LogP contribution in [0.1, 0.15) is 96.9 Å². The Labute approximate surface area is 293 Å². The summed E-state index contributed by atoms with van der Waals surface area (Å²) in [7, 11) is -4.92. The first-order valence-corrected chi connectivity index (χ1v) is 18.8. The van der Waals surface area contributed by atoms with Gasteiger partial charge in [-0.2, -0.15) is 14.6 Å². The van der Waals surface area contributed by atoms with Gasteiger partial charge in [-0.05, 0) is 55.6 Å². The van der Waals surface area contributed by atoms with Crippen molar-refractivity contribution < 1.29 is 37.2 Å². The topological polar surface area (TPSA) is 167 Å². The molecule has 50 heavy (non-hydrogen) atoms. The highest BCUT2D eigenvalue weighted by Crippen LogP contribution is 2.52. The molecule has 1 aliphatic rings. The lowest BCUT2D eigenvalue weighted by Gasteiger charge is -2.44. The third-order valence-electron chi connectivity index (χ3n) is 8.68. The number of thiazole rings is 1. The van der Waals surface area contributed by atoms with Gasteiger partial charge in [0, 0.05) is 35.9 Å². The van der Waals surface area contributed by atoms with Gasteiger partial charge in [0.2, 0.25) is 5.95 Å². The normalized spacial score (nSPS) is 18.1. The molecule has 0 aromatic carbocycles. The minimum absolute atomic E-state index is 0.0117. The number of aromatic nitrogens is 6. The van der Waals surface area contributed by atoms with Gasteiger partial charge in [-0.25, -0.2) is 23.6 Å². The monoisotopic (exact) mass is 735 g/mol. The quantitative estimate of drug-likeness (QED) is 0.103. The van der Waals surface area contributed by atoms with Crippen molar-refractivity contribution in [2.75, 3.05) is 11.9 Å². The van der Waals surface area contributed by atoms with Crippen molar-refractivity contribution in [2.24, 2.45) is 16.7 Å². The molecule has 13 nitrogen and oxygen atoms in total. The SMILES string of the molecule is CCOC1CCC(n2cc(NC(=O)c3csc(-c4cnn(C(OP(=O)(O)O)C(C(C)(C)C)C(C)(C)C)c4)n3)c(-c3nc(F)ccc3F)n2)CC1. The van der Waals surface area contributed by atoms with Crippen LogP contribution in [0, 0.1) is 28.5 Å². The largest absolute Gasteiger partial charge is 0.471 e. The number of phosphoric acid groups is 1. The molecule has 0 saturated heterocycles. The van der Waals surface area contributed by atoms with E-state index in [1.807, 2.05) is 48.5 Å². The Morgan fingerprint density at radius 3 is 2.36 bits per heavy atom. The second-order valence-electron chi connectivity index (χ2n) is 14.6. The molecule has 0 spiro atoms. The van der Waals surface area contributed by atoms with Crippen LogP contribution in [0.3, 0.4) is 0 Å². The van der Waals surface area contributed by atoms with Gasteiger partial charge in [0.15, 0.2) is 12.0 Å². The van der Waals surface area contributed by atoms with Gasteiger partial charge >= 0.3 is 7.82 Å². The predicted molar refractivity (Wildman–Crippen MR) is 184 cm³/mol. The zero-order chi connectivity index (χ0) is 36.6. The lowest BCUT2D eigenvalue weighted by Crippen LogP contribution is -2.40. The van der Waals surface area contributed by atoms with E-state index in [1.165, 1.54) is 10.9 Å². The predicted octanol–water partition coefficient (Wildman–Crippen LogP) is 7.63. The van der Waals surface area contributed by atoms with Crippen LogP contribution >= 0.6 is 19.2 Å². The highest BCUT2D eigenvalue weighted by Gasteiger charge is 2.45. The number of rotatable bonds is 11. The van der Waals surface area contributed by atoms with Crippen LogP contribution in [0.4, 0.5) is 14.5 Å². The minimum atomic E-state index is -4.92. The first-order valence-electron chi connectivity index (χ1n) is 16.4. The van der Waals surface area contributed by atoms with E-state index in [9.17, 15) is 27.9 Å². The summed E-state index contributed by atoms with van der Waals surface area (Å²) in [5.41, 5.74) is -0.517. The molecule has 5 rings (SSSR count). The number of anilines is 1. The summed E-state index contributed by atoms with van der Waals surface area (Å²) in [5, 5.41) is 13.7. The summed E-state index contributed by atoms with van der Waals surface area (Å²) in [6.07, 6.45) is 6.85. The zero-order valence-corrected chi connectivity index (χ0v) is 30.8. The first-order chi connectivity index (χ1) is 23.3. The molecule has 0 bridgehead atoms. The van der Waals surface area contributed by atoms with Gasteiger partial charge in [0.25, 0.3) is 5.91 Å². The molecular weight excluding hydrogens is 691 g/mol. The molecule has 4 aromatic rings. The molecule has 1 unspecified atom stereocenters. The number of carbonyl (C=O) groups excluding carboxylic acids is 1. The molecule has 0 aliphatic heterocycles. The number of carbonyl (C=O) groups is 1. The summed E-state index contributed by atoms with van der Waals surface area (Å²) in [6, 6.07) is 1.84. The summed E-state index contributed by atoms with van der Waals surface area (Å²) in [5.74, 6) is -2.68. The molecule has 17 heteroatoms. The van der Waals surface area contributed by atoms with E-state index in [0.29, 0.717) is 17.2 Å². The molecular formula is C33H44F2N7O6PS. The number of amides is 1. The van der Waals surface area contributed by atoms with Gasteiger partial charge < -0.3 is 19.8 Å². The average Bonchev–Trinajstić information content (AvgIpc) is 3.77. The molecule has 3 N–H and O–H groups in total. The van der Waals surface area contributed by atoms with Gasteiger partial charge in [0.1, 0.15) is 22.1 Å². The standard InChI is InChI=1S/C33H44F2N7O6PS/c1-8-47-21-11-9-20(10-12-21)41-17-23(27(40-41)26-22(34)13-14-25(35)39-26)37-29(43)24-18-50-30(38-24)19-15-36-42(16-19)31(48-49(44,45)46)28(32(2,3)4)33(5,6)7/h13-18,20-21,28,31H,8-12H2,1-7H3,(H,37,43)(H2,44,45,46). The Bertz CT molecular complexity index is 1840. The number of phosphoric ester groups is 1. The van der Waals surface area contributed by atoms with Crippen molar-refractivity contribution in [1.82, 2.24) is 29.5 Å². The highest BCUT2D eigenvalue weighted by atomic mass is 32.1. The number of pyridine rings is 1. The van der Waals surface area contributed by atoms with Crippen molar-refractivity contribution in [2.45, 2.75) is 92.5 Å². The fraction of sp³-hybridized carbons (Fsp3) is 0.545. The summed E-state index contributed by atoms with van der Waals surface area (Å²) in [6.45, 7) is 14.4. The second kappa shape index (κ2) is 14.7. The Morgan fingerprint density at radius 1 is 1.06 bits per heavy atom. The maximum atomic E-state index is 14.9. The Morgan fingerprint density at radius 2 is 1.74 bits per heavy atom. The molecule has 1 aliphatic carbocycles. The maximum absolute atomic E-state index is 14.9. The van der Waals surface area contributed by atoms with Crippen molar-refractivity contribution >= 4 is 30.8 Å². The lowest BCUT2D eigenvalue weighted by molar-refractivity contribution is -0.0697. The summed E-state index contributed by atoms with van der Waals surface area (Å²) in [4.78, 5) is 41.4. The molecule has 0 radical (unpaired) electrons. The molecule has 4 heterocycles. The van der Waals surface area contributed by atoms with Gasteiger partial charge in [-0.15, -0.1) is 11.3 Å². The van der Waals surface area contributed by atoms with E-state index in [0.717, 1.165) is 49.2 Å². The number of nitrogens with one attached hydrogen (secondary N) is 1. The van der Waals surface area contributed by atoms with Gasteiger partial charge in [-0.1, -0.05) is 41.5 Å². The summed E-state index contributed by atoms with van der Waals surface area (Å²) >= 11 is 1.16. The number of ether oxygens (including phenoxy) is 1. The molecule has 1 saturated carbocycles. The van der Waals surface area contributed by atoms with Gasteiger partial charge in [-0.3, -0.25) is 14.0 Å². The zero-order valence-electron chi connectivity index (χ0n) is 29.1. The Kier molecular flexibility index (Phi) is 11.1. The molecule has 1 atom stereocenters. The van der Waals surface area contributed by atoms with E-state index in [-0.39, 0.29) is 40.8 Å². The number of nitrogens with zero attached hydrogens (tertiary/aromatic N) is 6. The lowest BCUT2D eigenvalue weighted by atomic mass is 9.65. The fourth-order valence-electron chi connectivity index (χ4n) is 6.98. The smallest absolute Gasteiger partial charge is 0.379 e. The van der Waals surface area contributed by atoms with Crippen molar-refractivity contribution in [1.29, 1.82) is 0 Å². The first kappa shape index (κ1) is 37.8. The van der Waals surface area contributed by atoms with Crippen LogP contribution in [0.5, 0.6) is 0 Å². The second-order valence-corrected chi connectivity index (χ2v) is 16.7. The van der Waals surface area contributed by atoms with Crippen LogP contribution in [-0.2, 0) is 13.8 Å². The molecule has 1 amide bonds. The number of hydrogen-bond acceptors (Lipinski definition) is 9. The van der Waals surface area contributed by atoms with Crippen molar-refractivity contribution in [3.8, 4) is 22.0 Å². The number of hydrogen-bond donors (Lipinski definition) is 3. The third kappa shape index (κ3) is 8.90. The Balaban J connectivity index is 1.42. The Hall–Kier alpha value is -3.40. The van der Waals surface area contributed by atoms with Crippen LogP contribution in [0.15, 0.2) is 36.1 Å².